The summed E-state index contributed by atoms with van der Waals surface area (Å²) in [6.45, 7) is -0.0277. The first-order chi connectivity index (χ1) is 8.11. The molecule has 86 valence electrons. The van der Waals surface area contributed by atoms with E-state index in [0.717, 1.165) is 0 Å². The van der Waals surface area contributed by atoms with Crippen LogP contribution < -0.4 is 4.90 Å². The standard InChI is InChI=1S/C11H8N2O4/c12-5-7-1-3-8(4-2-7)13-6-9(10(14)15)17-11(13)16/h1-4,9H,6H2,(H,14,15)/t9-/m1/s1. The molecule has 0 saturated carbocycles. The van der Waals surface area contributed by atoms with Gasteiger partial charge in [-0.15, -0.1) is 0 Å². The van der Waals surface area contributed by atoms with Gasteiger partial charge in [-0.05, 0) is 24.3 Å². The van der Waals surface area contributed by atoms with E-state index in [1.807, 2.05) is 6.07 Å². The van der Waals surface area contributed by atoms with Gasteiger partial charge in [-0.3, -0.25) is 4.90 Å². The summed E-state index contributed by atoms with van der Waals surface area (Å²) in [7, 11) is 0. The minimum atomic E-state index is -1.17. The minimum absolute atomic E-state index is 0.0277. The summed E-state index contributed by atoms with van der Waals surface area (Å²) in [5, 5.41) is 17.4. The van der Waals surface area contributed by atoms with E-state index in [2.05, 4.69) is 4.74 Å². The van der Waals surface area contributed by atoms with E-state index in [1.165, 1.54) is 4.90 Å². The topological polar surface area (TPSA) is 90.6 Å². The predicted octanol–water partition coefficient (Wildman–Crippen LogP) is 0.968. The van der Waals surface area contributed by atoms with E-state index < -0.39 is 18.2 Å². The Hall–Kier alpha value is -2.55. The molecule has 1 aliphatic heterocycles. The van der Waals surface area contributed by atoms with Gasteiger partial charge >= 0.3 is 12.1 Å². The number of benzene rings is 1. The van der Waals surface area contributed by atoms with Crippen molar-refractivity contribution in [2.75, 3.05) is 11.4 Å². The quantitative estimate of drug-likeness (QED) is 0.820. The molecule has 0 aliphatic carbocycles. The molecular formula is C11H8N2O4. The lowest BCUT2D eigenvalue weighted by molar-refractivity contribution is -0.144. The Labute approximate surface area is 96.6 Å². The lowest BCUT2D eigenvalue weighted by Crippen LogP contribution is -2.27. The van der Waals surface area contributed by atoms with E-state index >= 15 is 0 Å². The first kappa shape index (κ1) is 11.0. The van der Waals surface area contributed by atoms with Crippen LogP contribution in [0.2, 0.25) is 0 Å². The van der Waals surface area contributed by atoms with Crippen LogP contribution in [-0.2, 0) is 9.53 Å². The molecule has 2 rings (SSSR count). The molecular weight excluding hydrogens is 224 g/mol. The zero-order chi connectivity index (χ0) is 12.4. The molecule has 0 bridgehead atoms. The molecule has 6 nitrogen and oxygen atoms in total. The SMILES string of the molecule is N#Cc1ccc(N2C[C@H](C(=O)O)OC2=O)cc1. The molecule has 1 N–H and O–H groups in total. The molecule has 0 radical (unpaired) electrons. The van der Waals surface area contributed by atoms with Gasteiger partial charge in [-0.25, -0.2) is 9.59 Å². The second-order valence-corrected chi connectivity index (χ2v) is 3.48. The second kappa shape index (κ2) is 4.14. The number of aliphatic carboxylic acids is 1. The molecule has 1 saturated heterocycles. The van der Waals surface area contributed by atoms with Crippen LogP contribution in [0.25, 0.3) is 0 Å². The number of carboxylic acid groups (broad SMARTS) is 1. The van der Waals surface area contributed by atoms with Gasteiger partial charge in [0, 0.05) is 5.69 Å². The summed E-state index contributed by atoms with van der Waals surface area (Å²) >= 11 is 0. The molecule has 0 spiro atoms. The van der Waals surface area contributed by atoms with Crippen LogP contribution in [0.3, 0.4) is 0 Å². The number of nitriles is 1. The number of amides is 1. The van der Waals surface area contributed by atoms with Gasteiger partial charge in [0.15, 0.2) is 0 Å². The maximum Gasteiger partial charge on any atom is 0.415 e. The molecule has 1 atom stereocenters. The van der Waals surface area contributed by atoms with Crippen molar-refractivity contribution in [3.8, 4) is 6.07 Å². The Morgan fingerprint density at radius 1 is 1.47 bits per heavy atom. The van der Waals surface area contributed by atoms with Gasteiger partial charge in [-0.2, -0.15) is 5.26 Å². The number of carbonyl (C=O) groups excluding carboxylic acids is 1. The Kier molecular flexibility index (Phi) is 2.66. The van der Waals surface area contributed by atoms with E-state index in [4.69, 9.17) is 10.4 Å². The summed E-state index contributed by atoms with van der Waals surface area (Å²) in [4.78, 5) is 23.3. The van der Waals surface area contributed by atoms with Crippen molar-refractivity contribution in [1.29, 1.82) is 5.26 Å². The summed E-state index contributed by atoms with van der Waals surface area (Å²) < 4.78 is 4.67. The molecule has 0 unspecified atom stereocenters. The molecule has 1 aromatic rings. The summed E-state index contributed by atoms with van der Waals surface area (Å²) in [5.41, 5.74) is 0.980. The normalized spacial score (nSPS) is 18.6. The van der Waals surface area contributed by atoms with Crippen molar-refractivity contribution in [2.45, 2.75) is 6.10 Å². The smallest absolute Gasteiger partial charge is 0.415 e. The summed E-state index contributed by atoms with van der Waals surface area (Å²) in [5.74, 6) is -1.17. The third-order valence-electron chi connectivity index (χ3n) is 2.40. The van der Waals surface area contributed by atoms with Crippen LogP contribution >= 0.6 is 0 Å². The number of anilines is 1. The fraction of sp³-hybridized carbons (Fsp3) is 0.182. The molecule has 6 heteroatoms. The highest BCUT2D eigenvalue weighted by Gasteiger charge is 2.36. The maximum absolute atomic E-state index is 11.4. The van der Waals surface area contributed by atoms with Crippen LogP contribution in [0.15, 0.2) is 24.3 Å². The van der Waals surface area contributed by atoms with E-state index in [9.17, 15) is 9.59 Å². The number of carboxylic acids is 1. The van der Waals surface area contributed by atoms with Gasteiger partial charge in [0.05, 0.1) is 18.2 Å². The van der Waals surface area contributed by atoms with Crippen LogP contribution in [0, 0.1) is 11.3 Å². The average Bonchev–Trinajstić information content (AvgIpc) is 2.72. The van der Waals surface area contributed by atoms with Crippen molar-refractivity contribution in [2.24, 2.45) is 0 Å². The number of ether oxygens (including phenoxy) is 1. The van der Waals surface area contributed by atoms with Crippen molar-refractivity contribution < 1.29 is 19.4 Å². The molecule has 1 aliphatic rings. The Morgan fingerprint density at radius 2 is 2.12 bits per heavy atom. The zero-order valence-corrected chi connectivity index (χ0v) is 8.66. The van der Waals surface area contributed by atoms with Gasteiger partial charge in [0.1, 0.15) is 0 Å². The number of hydrogen-bond donors (Lipinski definition) is 1. The first-order valence-electron chi connectivity index (χ1n) is 4.83. The van der Waals surface area contributed by atoms with Crippen LogP contribution in [0.4, 0.5) is 10.5 Å². The van der Waals surface area contributed by atoms with Gasteiger partial charge in [0.25, 0.3) is 0 Å². The fourth-order valence-corrected chi connectivity index (χ4v) is 1.52. The number of hydrogen-bond acceptors (Lipinski definition) is 4. The van der Waals surface area contributed by atoms with Crippen LogP contribution in [0.1, 0.15) is 5.56 Å². The highest BCUT2D eigenvalue weighted by Crippen LogP contribution is 2.21. The molecule has 0 aromatic heterocycles. The van der Waals surface area contributed by atoms with Crippen LogP contribution in [0.5, 0.6) is 0 Å². The first-order valence-corrected chi connectivity index (χ1v) is 4.83. The van der Waals surface area contributed by atoms with Crippen molar-refractivity contribution in [3.63, 3.8) is 0 Å². The van der Waals surface area contributed by atoms with Gasteiger partial charge in [-0.1, -0.05) is 0 Å². The molecule has 17 heavy (non-hydrogen) atoms. The number of cyclic esters (lactones) is 1. The molecule has 1 amide bonds. The predicted molar refractivity (Wildman–Crippen MR) is 56.4 cm³/mol. The van der Waals surface area contributed by atoms with Gasteiger partial charge < -0.3 is 9.84 Å². The third kappa shape index (κ3) is 2.03. The largest absolute Gasteiger partial charge is 0.478 e. The Morgan fingerprint density at radius 3 is 2.59 bits per heavy atom. The van der Waals surface area contributed by atoms with Crippen molar-refractivity contribution >= 4 is 17.7 Å². The van der Waals surface area contributed by atoms with E-state index in [1.54, 1.807) is 24.3 Å². The average molecular weight is 232 g/mol. The lowest BCUT2D eigenvalue weighted by atomic mass is 10.2. The van der Waals surface area contributed by atoms with Crippen LogP contribution in [-0.4, -0.2) is 29.8 Å². The molecule has 1 aromatic carbocycles. The van der Waals surface area contributed by atoms with E-state index in [0.29, 0.717) is 11.3 Å². The van der Waals surface area contributed by atoms with E-state index in [-0.39, 0.29) is 6.54 Å². The lowest BCUT2D eigenvalue weighted by Gasteiger charge is -2.11. The Balaban J connectivity index is 2.20. The molecule has 1 heterocycles. The second-order valence-electron chi connectivity index (χ2n) is 3.48. The minimum Gasteiger partial charge on any atom is -0.478 e. The fourth-order valence-electron chi connectivity index (χ4n) is 1.52. The van der Waals surface area contributed by atoms with Crippen molar-refractivity contribution in [3.05, 3.63) is 29.8 Å². The third-order valence-corrected chi connectivity index (χ3v) is 2.40. The summed E-state index contributed by atoms with van der Waals surface area (Å²) in [6, 6.07) is 8.21. The van der Waals surface area contributed by atoms with Crippen molar-refractivity contribution in [1.82, 2.24) is 0 Å². The molecule has 1 fully saturated rings. The number of rotatable bonds is 2. The maximum atomic E-state index is 11.4. The number of carbonyl (C=O) groups is 2. The Bertz CT molecular complexity index is 503. The van der Waals surface area contributed by atoms with Gasteiger partial charge in [0.2, 0.25) is 6.10 Å². The number of nitrogens with zero attached hydrogens (tertiary/aromatic N) is 2. The summed E-state index contributed by atoms with van der Waals surface area (Å²) in [6.07, 6.45) is -1.83. The highest BCUT2D eigenvalue weighted by molar-refractivity contribution is 5.93. The zero-order valence-electron chi connectivity index (χ0n) is 8.66. The monoisotopic (exact) mass is 232 g/mol. The highest BCUT2D eigenvalue weighted by atomic mass is 16.6.